The van der Waals surface area contributed by atoms with Crippen LogP contribution in [0.25, 0.3) is 0 Å². The molecule has 0 saturated heterocycles. The molecule has 2 saturated carbocycles. The molecule has 2 nitrogen and oxygen atoms in total. The third-order valence-electron chi connectivity index (χ3n) is 5.56. The van der Waals surface area contributed by atoms with Crippen LogP contribution in [0.4, 0.5) is 0 Å². The van der Waals surface area contributed by atoms with Gasteiger partial charge in [0.2, 0.25) is 0 Å². The summed E-state index contributed by atoms with van der Waals surface area (Å²) in [6.07, 6.45) is 2.08. The van der Waals surface area contributed by atoms with E-state index in [1.54, 1.807) is 0 Å². The first-order valence-electron chi connectivity index (χ1n) is 5.88. The minimum absolute atomic E-state index is 0.0526. The Morgan fingerprint density at radius 3 is 2.31 bits per heavy atom. The van der Waals surface area contributed by atoms with E-state index in [0.717, 1.165) is 5.57 Å². The molecular formula is C14H16N2. The summed E-state index contributed by atoms with van der Waals surface area (Å²) in [7, 11) is 0. The van der Waals surface area contributed by atoms with Gasteiger partial charge in [-0.1, -0.05) is 33.8 Å². The van der Waals surface area contributed by atoms with E-state index in [4.69, 9.17) is 0 Å². The van der Waals surface area contributed by atoms with Crippen molar-refractivity contribution in [1.82, 2.24) is 0 Å². The number of hydrogen-bond acceptors (Lipinski definition) is 2. The summed E-state index contributed by atoms with van der Waals surface area (Å²) in [6.45, 7) is 8.74. The molecule has 3 aliphatic rings. The normalized spacial score (nSPS) is 48.9. The van der Waals surface area contributed by atoms with Gasteiger partial charge in [0.05, 0.1) is 17.6 Å². The zero-order valence-corrected chi connectivity index (χ0v) is 10.2. The predicted molar refractivity (Wildman–Crippen MR) is 59.8 cm³/mol. The fourth-order valence-corrected chi connectivity index (χ4v) is 4.51. The quantitative estimate of drug-likeness (QED) is 0.620. The Labute approximate surface area is 96.6 Å². The predicted octanol–water partition coefficient (Wildman–Crippen LogP) is 2.89. The van der Waals surface area contributed by atoms with E-state index < -0.39 is 0 Å². The van der Waals surface area contributed by atoms with E-state index in [2.05, 4.69) is 45.9 Å². The van der Waals surface area contributed by atoms with Crippen LogP contribution in [0, 0.1) is 56.7 Å². The third kappa shape index (κ3) is 0.679. The molecule has 0 heterocycles. The molecule has 0 aliphatic heterocycles. The third-order valence-corrected chi connectivity index (χ3v) is 5.56. The van der Waals surface area contributed by atoms with Crippen molar-refractivity contribution in [2.75, 3.05) is 0 Å². The minimum atomic E-state index is -0.193. The van der Waals surface area contributed by atoms with Crippen LogP contribution >= 0.6 is 0 Å². The molecule has 0 aromatic rings. The Morgan fingerprint density at radius 1 is 1.19 bits per heavy atom. The molecule has 82 valence electrons. The number of nitriles is 2. The summed E-state index contributed by atoms with van der Waals surface area (Å²) in [5, 5.41) is 18.7. The molecule has 0 unspecified atom stereocenters. The maximum absolute atomic E-state index is 9.55. The van der Waals surface area contributed by atoms with Crippen molar-refractivity contribution in [2.45, 2.75) is 27.7 Å². The zero-order valence-electron chi connectivity index (χ0n) is 10.2. The van der Waals surface area contributed by atoms with Gasteiger partial charge in [0, 0.05) is 17.4 Å². The van der Waals surface area contributed by atoms with Crippen LogP contribution in [0.1, 0.15) is 27.7 Å². The molecule has 0 amide bonds. The van der Waals surface area contributed by atoms with Gasteiger partial charge >= 0.3 is 0 Å². The van der Waals surface area contributed by atoms with Crippen molar-refractivity contribution in [1.29, 1.82) is 10.5 Å². The first kappa shape index (κ1) is 9.91. The summed E-state index contributed by atoms with van der Waals surface area (Å²) in [5.74, 6) is 1.02. The molecule has 4 atom stereocenters. The van der Waals surface area contributed by atoms with Crippen LogP contribution in [0.3, 0.4) is 0 Å². The molecule has 3 rings (SSSR count). The largest absolute Gasteiger partial charge is 0.198 e. The van der Waals surface area contributed by atoms with Gasteiger partial charge in [-0.3, -0.25) is 0 Å². The summed E-state index contributed by atoms with van der Waals surface area (Å²) < 4.78 is 0. The smallest absolute Gasteiger partial charge is 0.0947 e. The summed E-state index contributed by atoms with van der Waals surface area (Å²) in [5.41, 5.74) is 0.926. The van der Waals surface area contributed by atoms with Gasteiger partial charge in [-0.25, -0.2) is 0 Å². The molecular weight excluding hydrogens is 196 g/mol. The van der Waals surface area contributed by atoms with Gasteiger partial charge in [0.15, 0.2) is 0 Å². The van der Waals surface area contributed by atoms with Crippen molar-refractivity contribution in [3.8, 4) is 12.1 Å². The van der Waals surface area contributed by atoms with Crippen molar-refractivity contribution >= 4 is 0 Å². The lowest BCUT2D eigenvalue weighted by molar-refractivity contribution is 0.368. The Hall–Kier alpha value is -1.28. The molecule has 0 aromatic carbocycles. The Morgan fingerprint density at radius 2 is 1.81 bits per heavy atom. The highest BCUT2D eigenvalue weighted by Gasteiger charge is 2.85. The van der Waals surface area contributed by atoms with Crippen LogP contribution in [-0.2, 0) is 0 Å². The zero-order chi connectivity index (χ0) is 11.9. The van der Waals surface area contributed by atoms with Gasteiger partial charge in [-0.15, -0.1) is 0 Å². The lowest BCUT2D eigenvalue weighted by atomic mass is 9.86. The van der Waals surface area contributed by atoms with Crippen molar-refractivity contribution in [3.05, 3.63) is 11.6 Å². The highest BCUT2D eigenvalue weighted by atomic mass is 14.9. The molecule has 0 N–H and O–H groups in total. The molecule has 2 heteroatoms. The van der Waals surface area contributed by atoms with Gasteiger partial charge in [0.1, 0.15) is 0 Å². The molecule has 0 bridgehead atoms. The van der Waals surface area contributed by atoms with Crippen LogP contribution in [-0.4, -0.2) is 0 Å². The SMILES string of the molecule is CC1(C)[C@@H]2C(C#N)=C[C@H]3C(C)(C)[C@]3(C#N)[C@@H]21. The van der Waals surface area contributed by atoms with E-state index in [9.17, 15) is 10.5 Å². The fraction of sp³-hybridized carbons (Fsp3) is 0.714. The Balaban J connectivity index is 2.17. The van der Waals surface area contributed by atoms with Gasteiger partial charge < -0.3 is 0 Å². The lowest BCUT2D eigenvalue weighted by Gasteiger charge is -2.14. The molecule has 3 aliphatic carbocycles. The van der Waals surface area contributed by atoms with E-state index >= 15 is 0 Å². The first-order chi connectivity index (χ1) is 7.35. The second-order valence-electron chi connectivity index (χ2n) is 6.69. The number of allylic oxidation sites excluding steroid dienone is 2. The topological polar surface area (TPSA) is 47.6 Å². The van der Waals surface area contributed by atoms with Crippen molar-refractivity contribution < 1.29 is 0 Å². The number of nitrogens with zero attached hydrogens (tertiary/aromatic N) is 2. The summed E-state index contributed by atoms with van der Waals surface area (Å²) >= 11 is 0. The summed E-state index contributed by atoms with van der Waals surface area (Å²) in [6, 6.07) is 4.92. The van der Waals surface area contributed by atoms with E-state index in [1.165, 1.54) is 0 Å². The van der Waals surface area contributed by atoms with Gasteiger partial charge in [0.25, 0.3) is 0 Å². The Kier molecular flexibility index (Phi) is 1.37. The number of fused-ring (bicyclic) bond motifs is 3. The van der Waals surface area contributed by atoms with Gasteiger partial charge in [-0.05, 0) is 16.7 Å². The average Bonchev–Trinajstić information content (AvgIpc) is 2.97. The minimum Gasteiger partial charge on any atom is -0.198 e. The van der Waals surface area contributed by atoms with Crippen LogP contribution in [0.15, 0.2) is 11.6 Å². The Bertz CT molecular complexity index is 498. The highest BCUT2D eigenvalue weighted by Crippen LogP contribution is 2.86. The van der Waals surface area contributed by atoms with Gasteiger partial charge in [-0.2, -0.15) is 10.5 Å². The number of hydrogen-bond donors (Lipinski definition) is 0. The maximum atomic E-state index is 9.55. The number of rotatable bonds is 0. The highest BCUT2D eigenvalue weighted by molar-refractivity contribution is 5.51. The summed E-state index contributed by atoms with van der Waals surface area (Å²) in [4.78, 5) is 0. The van der Waals surface area contributed by atoms with E-state index in [-0.39, 0.29) is 16.2 Å². The molecule has 0 radical (unpaired) electrons. The molecule has 0 aromatic heterocycles. The molecule has 16 heavy (non-hydrogen) atoms. The second-order valence-corrected chi connectivity index (χ2v) is 6.69. The molecule has 0 spiro atoms. The van der Waals surface area contributed by atoms with Crippen LogP contribution < -0.4 is 0 Å². The molecule has 2 fully saturated rings. The monoisotopic (exact) mass is 212 g/mol. The standard InChI is InChI=1S/C14H16N2/c1-12(2)10-8(6-15)5-9-13(3,4)14(9,7-16)11(10)12/h5,9-11H,1-4H3/t9-,10+,11-,14-/m0/s1. The first-order valence-corrected chi connectivity index (χ1v) is 5.88. The fourth-order valence-electron chi connectivity index (χ4n) is 4.51. The van der Waals surface area contributed by atoms with Crippen LogP contribution in [0.5, 0.6) is 0 Å². The maximum Gasteiger partial charge on any atom is 0.0947 e. The lowest BCUT2D eigenvalue weighted by Crippen LogP contribution is -2.14. The van der Waals surface area contributed by atoms with E-state index in [1.807, 2.05) is 0 Å². The van der Waals surface area contributed by atoms with Crippen molar-refractivity contribution in [2.24, 2.45) is 34.0 Å². The van der Waals surface area contributed by atoms with E-state index in [0.29, 0.717) is 17.8 Å². The van der Waals surface area contributed by atoms with Crippen molar-refractivity contribution in [3.63, 3.8) is 0 Å². The average molecular weight is 212 g/mol. The second kappa shape index (κ2) is 2.21. The van der Waals surface area contributed by atoms with Crippen LogP contribution in [0.2, 0.25) is 0 Å².